The van der Waals surface area contributed by atoms with Gasteiger partial charge in [0.1, 0.15) is 4.64 Å². The summed E-state index contributed by atoms with van der Waals surface area (Å²) in [6, 6.07) is 6.68. The first-order chi connectivity index (χ1) is 8.41. The second kappa shape index (κ2) is 4.61. The molecule has 0 aliphatic heterocycles. The van der Waals surface area contributed by atoms with Crippen LogP contribution >= 0.6 is 12.2 Å². The molecule has 0 atom stereocenters. The van der Waals surface area contributed by atoms with Crippen molar-refractivity contribution in [1.82, 2.24) is 9.78 Å². The van der Waals surface area contributed by atoms with Crippen LogP contribution in [-0.2, 0) is 12.6 Å². The molecule has 18 heavy (non-hydrogen) atoms. The predicted octanol–water partition coefficient (Wildman–Crippen LogP) is 4.12. The summed E-state index contributed by atoms with van der Waals surface area (Å²) >= 11 is 5.14. The van der Waals surface area contributed by atoms with Gasteiger partial charge in [0, 0.05) is 5.69 Å². The van der Waals surface area contributed by atoms with Crippen LogP contribution in [0.15, 0.2) is 30.3 Å². The first-order valence-electron chi connectivity index (χ1n) is 5.40. The second-order valence-electron chi connectivity index (χ2n) is 3.85. The minimum absolute atomic E-state index is 0.548. The lowest BCUT2D eigenvalue weighted by Gasteiger charge is -2.08. The SMILES string of the molecule is CCc1cc(=S)n(-c2ccc(C(F)(F)F)cc2)[nH]1. The Balaban J connectivity index is 2.40. The lowest BCUT2D eigenvalue weighted by atomic mass is 10.2. The van der Waals surface area contributed by atoms with Crippen molar-refractivity contribution in [3.63, 3.8) is 0 Å². The van der Waals surface area contributed by atoms with Gasteiger partial charge in [-0.3, -0.25) is 5.10 Å². The lowest BCUT2D eigenvalue weighted by molar-refractivity contribution is -0.137. The number of benzene rings is 1. The Morgan fingerprint density at radius 3 is 2.28 bits per heavy atom. The maximum atomic E-state index is 12.4. The maximum Gasteiger partial charge on any atom is 0.416 e. The quantitative estimate of drug-likeness (QED) is 0.816. The molecule has 0 bridgehead atoms. The first kappa shape index (κ1) is 12.9. The third-order valence-electron chi connectivity index (χ3n) is 2.61. The van der Waals surface area contributed by atoms with Crippen LogP contribution in [-0.4, -0.2) is 9.78 Å². The van der Waals surface area contributed by atoms with Crippen LogP contribution in [0.4, 0.5) is 13.2 Å². The predicted molar refractivity (Wildman–Crippen MR) is 65.3 cm³/mol. The van der Waals surface area contributed by atoms with Gasteiger partial charge in [-0.25, -0.2) is 4.68 Å². The summed E-state index contributed by atoms with van der Waals surface area (Å²) in [6.07, 6.45) is -3.53. The summed E-state index contributed by atoms with van der Waals surface area (Å²) in [4.78, 5) is 0. The molecule has 2 aromatic rings. The Kier molecular flexibility index (Phi) is 3.30. The van der Waals surface area contributed by atoms with Crippen LogP contribution in [0, 0.1) is 4.64 Å². The molecule has 0 saturated heterocycles. The molecule has 0 amide bonds. The van der Waals surface area contributed by atoms with E-state index in [-0.39, 0.29) is 0 Å². The zero-order chi connectivity index (χ0) is 13.3. The number of rotatable bonds is 2. The fourth-order valence-corrected chi connectivity index (χ4v) is 1.91. The summed E-state index contributed by atoms with van der Waals surface area (Å²) in [6.45, 7) is 1.97. The molecule has 1 N–H and O–H groups in total. The fourth-order valence-electron chi connectivity index (χ4n) is 1.62. The van der Waals surface area contributed by atoms with E-state index in [1.807, 2.05) is 6.92 Å². The number of halogens is 3. The monoisotopic (exact) mass is 272 g/mol. The van der Waals surface area contributed by atoms with Gasteiger partial charge >= 0.3 is 6.18 Å². The third kappa shape index (κ3) is 2.48. The summed E-state index contributed by atoms with van der Waals surface area (Å²) < 4.78 is 39.4. The highest BCUT2D eigenvalue weighted by molar-refractivity contribution is 7.71. The van der Waals surface area contributed by atoms with Crippen LogP contribution < -0.4 is 0 Å². The Morgan fingerprint density at radius 1 is 1.22 bits per heavy atom. The van der Waals surface area contributed by atoms with E-state index in [0.717, 1.165) is 24.2 Å². The van der Waals surface area contributed by atoms with Gasteiger partial charge in [0.2, 0.25) is 0 Å². The van der Waals surface area contributed by atoms with Gasteiger partial charge in [-0.2, -0.15) is 13.2 Å². The van der Waals surface area contributed by atoms with Gasteiger partial charge in [-0.15, -0.1) is 0 Å². The molecule has 2 nitrogen and oxygen atoms in total. The minimum atomic E-state index is -4.32. The Bertz CT molecular complexity index is 593. The maximum absolute atomic E-state index is 12.4. The van der Waals surface area contributed by atoms with E-state index in [2.05, 4.69) is 5.10 Å². The molecule has 0 unspecified atom stereocenters. The molecule has 2 rings (SSSR count). The van der Waals surface area contributed by atoms with E-state index >= 15 is 0 Å². The molecule has 1 aromatic carbocycles. The van der Waals surface area contributed by atoms with E-state index in [4.69, 9.17) is 12.2 Å². The number of alkyl halides is 3. The van der Waals surface area contributed by atoms with Crippen molar-refractivity contribution in [2.24, 2.45) is 0 Å². The van der Waals surface area contributed by atoms with Crippen LogP contribution in [0.25, 0.3) is 5.69 Å². The van der Waals surface area contributed by atoms with Gasteiger partial charge in [-0.1, -0.05) is 19.1 Å². The van der Waals surface area contributed by atoms with Crippen molar-refractivity contribution in [3.8, 4) is 5.69 Å². The number of aryl methyl sites for hydroxylation is 1. The Hall–Kier alpha value is -1.56. The molecule has 1 heterocycles. The number of aromatic amines is 1. The molecular formula is C12H11F3N2S. The van der Waals surface area contributed by atoms with E-state index in [0.29, 0.717) is 10.3 Å². The molecule has 0 saturated carbocycles. The summed E-state index contributed by atoms with van der Waals surface area (Å²) in [5.41, 5.74) is 0.868. The van der Waals surface area contributed by atoms with Crippen molar-refractivity contribution in [2.45, 2.75) is 19.5 Å². The van der Waals surface area contributed by atoms with Crippen LogP contribution in [0.5, 0.6) is 0 Å². The summed E-state index contributed by atoms with van der Waals surface area (Å²) in [7, 11) is 0. The zero-order valence-corrected chi connectivity index (χ0v) is 10.4. The first-order valence-corrected chi connectivity index (χ1v) is 5.81. The molecule has 0 aliphatic rings. The van der Waals surface area contributed by atoms with Crippen LogP contribution in [0.3, 0.4) is 0 Å². The van der Waals surface area contributed by atoms with Gasteiger partial charge in [0.25, 0.3) is 0 Å². The van der Waals surface area contributed by atoms with Gasteiger partial charge < -0.3 is 0 Å². The summed E-state index contributed by atoms with van der Waals surface area (Å²) in [5.74, 6) is 0. The third-order valence-corrected chi connectivity index (χ3v) is 2.91. The largest absolute Gasteiger partial charge is 0.416 e. The van der Waals surface area contributed by atoms with Crippen molar-refractivity contribution >= 4 is 12.2 Å². The highest BCUT2D eigenvalue weighted by atomic mass is 32.1. The van der Waals surface area contributed by atoms with E-state index in [1.54, 1.807) is 10.7 Å². The average Bonchev–Trinajstić information content (AvgIpc) is 2.70. The molecular weight excluding hydrogens is 261 g/mol. The number of nitrogens with zero attached hydrogens (tertiary/aromatic N) is 1. The number of aromatic nitrogens is 2. The van der Waals surface area contributed by atoms with Gasteiger partial charge in [-0.05, 0) is 36.8 Å². The highest BCUT2D eigenvalue weighted by Gasteiger charge is 2.29. The van der Waals surface area contributed by atoms with E-state index in [9.17, 15) is 13.2 Å². The zero-order valence-electron chi connectivity index (χ0n) is 9.58. The topological polar surface area (TPSA) is 20.7 Å². The average molecular weight is 272 g/mol. The standard InChI is InChI=1S/C12H11F3N2S/c1-2-9-7-11(18)17(16-9)10-5-3-8(4-6-10)12(13,14)15/h3-7,16H,2H2,1H3. The summed E-state index contributed by atoms with van der Waals surface area (Å²) in [5, 5.41) is 3.04. The molecule has 0 aliphatic carbocycles. The number of H-pyrrole nitrogens is 1. The molecule has 0 radical (unpaired) electrons. The van der Waals surface area contributed by atoms with Crippen molar-refractivity contribution in [2.75, 3.05) is 0 Å². The Labute approximate surface area is 107 Å². The molecule has 6 heteroatoms. The van der Waals surface area contributed by atoms with E-state index in [1.165, 1.54) is 12.1 Å². The lowest BCUT2D eigenvalue weighted by Crippen LogP contribution is -2.05. The van der Waals surface area contributed by atoms with Crippen LogP contribution in [0.2, 0.25) is 0 Å². The smallest absolute Gasteiger partial charge is 0.297 e. The fraction of sp³-hybridized carbons (Fsp3) is 0.250. The molecule has 1 aromatic heterocycles. The molecule has 96 valence electrons. The normalized spacial score (nSPS) is 11.8. The second-order valence-corrected chi connectivity index (χ2v) is 4.27. The Morgan fingerprint density at radius 2 is 1.83 bits per heavy atom. The van der Waals surface area contributed by atoms with Crippen molar-refractivity contribution in [3.05, 3.63) is 46.2 Å². The molecule has 0 spiro atoms. The van der Waals surface area contributed by atoms with Crippen molar-refractivity contribution < 1.29 is 13.2 Å². The van der Waals surface area contributed by atoms with E-state index < -0.39 is 11.7 Å². The van der Waals surface area contributed by atoms with Crippen molar-refractivity contribution in [1.29, 1.82) is 0 Å². The number of hydrogen-bond donors (Lipinski definition) is 1. The van der Waals surface area contributed by atoms with Gasteiger partial charge in [0.15, 0.2) is 0 Å². The number of hydrogen-bond acceptors (Lipinski definition) is 1. The minimum Gasteiger partial charge on any atom is -0.297 e. The number of nitrogens with one attached hydrogen (secondary N) is 1. The van der Waals surface area contributed by atoms with Gasteiger partial charge in [0.05, 0.1) is 11.3 Å². The van der Waals surface area contributed by atoms with Crippen LogP contribution in [0.1, 0.15) is 18.2 Å². The molecule has 0 fully saturated rings. The highest BCUT2D eigenvalue weighted by Crippen LogP contribution is 2.29.